The predicted octanol–water partition coefficient (Wildman–Crippen LogP) is 4.33. The van der Waals surface area contributed by atoms with Crippen molar-refractivity contribution in [3.63, 3.8) is 0 Å². The van der Waals surface area contributed by atoms with Crippen LogP contribution in [0, 0.1) is 5.82 Å². The normalized spacial score (nSPS) is 12.5. The molecule has 3 aromatic rings. The van der Waals surface area contributed by atoms with Crippen molar-refractivity contribution in [2.45, 2.75) is 12.5 Å². The van der Waals surface area contributed by atoms with Crippen molar-refractivity contribution in [2.75, 3.05) is 7.11 Å². The van der Waals surface area contributed by atoms with Gasteiger partial charge in [0.1, 0.15) is 0 Å². The van der Waals surface area contributed by atoms with Crippen molar-refractivity contribution < 1.29 is 14.2 Å². The average Bonchev–Trinajstić information content (AvgIpc) is 2.90. The Morgan fingerprint density at radius 3 is 2.81 bits per heavy atom. The van der Waals surface area contributed by atoms with E-state index < -0.39 is 11.9 Å². The maximum absolute atomic E-state index is 13.7. The van der Waals surface area contributed by atoms with Gasteiger partial charge in [0.05, 0.1) is 13.2 Å². The van der Waals surface area contributed by atoms with Gasteiger partial charge in [0.25, 0.3) is 0 Å². The highest BCUT2D eigenvalue weighted by molar-refractivity contribution is 7.17. The van der Waals surface area contributed by atoms with Crippen LogP contribution in [0.15, 0.2) is 47.8 Å². The molecule has 2 aromatic carbocycles. The summed E-state index contributed by atoms with van der Waals surface area (Å²) in [4.78, 5) is 0. The molecule has 3 rings (SSSR count). The number of ether oxygens (including phenoxy) is 1. The van der Waals surface area contributed by atoms with Crippen molar-refractivity contribution in [1.82, 2.24) is 0 Å². The fourth-order valence-corrected chi connectivity index (χ4v) is 3.38. The van der Waals surface area contributed by atoms with E-state index in [0.29, 0.717) is 12.0 Å². The van der Waals surface area contributed by atoms with Crippen LogP contribution in [-0.2, 0) is 6.42 Å². The number of halogens is 1. The zero-order valence-corrected chi connectivity index (χ0v) is 12.4. The van der Waals surface area contributed by atoms with Gasteiger partial charge >= 0.3 is 0 Å². The first-order chi connectivity index (χ1) is 10.2. The quantitative estimate of drug-likeness (QED) is 0.777. The van der Waals surface area contributed by atoms with E-state index in [1.54, 1.807) is 23.5 Å². The van der Waals surface area contributed by atoms with E-state index in [2.05, 4.69) is 6.07 Å². The average molecular weight is 302 g/mol. The Balaban J connectivity index is 1.86. The summed E-state index contributed by atoms with van der Waals surface area (Å²) in [5.41, 5.74) is 1.64. The minimum Gasteiger partial charge on any atom is -0.494 e. The molecule has 0 aliphatic rings. The van der Waals surface area contributed by atoms with Crippen molar-refractivity contribution in [2.24, 2.45) is 0 Å². The number of hydrogen-bond donors (Lipinski definition) is 1. The summed E-state index contributed by atoms with van der Waals surface area (Å²) in [6, 6.07) is 12.7. The second-order valence-electron chi connectivity index (χ2n) is 4.87. The number of methoxy groups -OCH3 is 1. The highest BCUT2D eigenvalue weighted by atomic mass is 32.1. The lowest BCUT2D eigenvalue weighted by molar-refractivity contribution is 0.178. The Kier molecular flexibility index (Phi) is 3.90. The number of hydrogen-bond acceptors (Lipinski definition) is 3. The molecule has 1 aromatic heterocycles. The summed E-state index contributed by atoms with van der Waals surface area (Å²) < 4.78 is 19.8. The minimum absolute atomic E-state index is 0.187. The van der Waals surface area contributed by atoms with E-state index in [-0.39, 0.29) is 5.75 Å². The lowest BCUT2D eigenvalue weighted by Gasteiger charge is -2.12. The van der Waals surface area contributed by atoms with Crippen LogP contribution in [0.4, 0.5) is 4.39 Å². The van der Waals surface area contributed by atoms with Crippen molar-refractivity contribution >= 4 is 21.4 Å². The van der Waals surface area contributed by atoms with Gasteiger partial charge in [-0.15, -0.1) is 11.3 Å². The van der Waals surface area contributed by atoms with Crippen LogP contribution in [0.2, 0.25) is 0 Å². The summed E-state index contributed by atoms with van der Waals surface area (Å²) in [5, 5.41) is 13.5. The second kappa shape index (κ2) is 5.84. The molecule has 0 radical (unpaired) electrons. The Hall–Kier alpha value is -1.91. The molecule has 0 aliphatic heterocycles. The summed E-state index contributed by atoms with van der Waals surface area (Å²) in [6.45, 7) is 0. The molecule has 0 saturated heterocycles. The van der Waals surface area contributed by atoms with Crippen LogP contribution >= 0.6 is 11.3 Å². The van der Waals surface area contributed by atoms with E-state index in [1.807, 2.05) is 23.6 Å². The van der Waals surface area contributed by atoms with Crippen LogP contribution in [0.5, 0.6) is 5.75 Å². The van der Waals surface area contributed by atoms with Gasteiger partial charge in [0.15, 0.2) is 11.6 Å². The molecule has 4 heteroatoms. The topological polar surface area (TPSA) is 29.5 Å². The molecule has 108 valence electrons. The minimum atomic E-state index is -0.733. The maximum Gasteiger partial charge on any atom is 0.165 e. The third-order valence-electron chi connectivity index (χ3n) is 3.54. The van der Waals surface area contributed by atoms with E-state index in [9.17, 15) is 9.50 Å². The fourth-order valence-electron chi connectivity index (χ4n) is 2.41. The molecular weight excluding hydrogens is 287 g/mol. The van der Waals surface area contributed by atoms with Crippen molar-refractivity contribution in [3.05, 3.63) is 64.8 Å². The van der Waals surface area contributed by atoms with Crippen LogP contribution < -0.4 is 4.74 Å². The molecule has 1 unspecified atom stereocenters. The lowest BCUT2D eigenvalue weighted by Crippen LogP contribution is -2.02. The molecule has 0 aliphatic carbocycles. The molecule has 1 N–H and O–H groups in total. The van der Waals surface area contributed by atoms with E-state index in [0.717, 1.165) is 10.9 Å². The smallest absolute Gasteiger partial charge is 0.165 e. The van der Waals surface area contributed by atoms with E-state index >= 15 is 0 Å². The maximum atomic E-state index is 13.7. The van der Waals surface area contributed by atoms with Crippen LogP contribution in [0.25, 0.3) is 10.1 Å². The molecule has 0 saturated carbocycles. The van der Waals surface area contributed by atoms with Gasteiger partial charge in [-0.05, 0) is 40.1 Å². The number of benzene rings is 2. The summed E-state index contributed by atoms with van der Waals surface area (Å²) in [6.07, 6.45) is -0.265. The van der Waals surface area contributed by atoms with Gasteiger partial charge in [-0.1, -0.05) is 24.3 Å². The first-order valence-electron chi connectivity index (χ1n) is 6.65. The number of aliphatic hydroxyl groups is 1. The number of rotatable bonds is 4. The van der Waals surface area contributed by atoms with E-state index in [1.165, 1.54) is 17.9 Å². The molecular formula is C17H15FO2S. The standard InChI is InChI=1S/C17H15FO2S/c1-20-16-7-6-11(8-14(16)18)15(19)9-12-10-21-17-5-3-2-4-13(12)17/h2-8,10,15,19H,9H2,1H3. The largest absolute Gasteiger partial charge is 0.494 e. The lowest BCUT2D eigenvalue weighted by atomic mass is 10.0. The molecule has 0 bridgehead atoms. The molecule has 21 heavy (non-hydrogen) atoms. The molecule has 1 atom stereocenters. The summed E-state index contributed by atoms with van der Waals surface area (Å²) in [7, 11) is 1.42. The number of thiophene rings is 1. The highest BCUT2D eigenvalue weighted by Crippen LogP contribution is 2.30. The van der Waals surface area contributed by atoms with Crippen LogP contribution in [0.1, 0.15) is 17.2 Å². The van der Waals surface area contributed by atoms with Gasteiger partial charge < -0.3 is 9.84 Å². The Morgan fingerprint density at radius 2 is 2.05 bits per heavy atom. The number of aliphatic hydroxyl groups excluding tert-OH is 1. The van der Waals surface area contributed by atoms with Gasteiger partial charge in [-0.25, -0.2) is 4.39 Å². The van der Waals surface area contributed by atoms with Gasteiger partial charge in [-0.3, -0.25) is 0 Å². The van der Waals surface area contributed by atoms with Crippen LogP contribution in [-0.4, -0.2) is 12.2 Å². The SMILES string of the molecule is COc1ccc(C(O)Cc2csc3ccccc23)cc1F. The summed E-state index contributed by atoms with van der Waals surface area (Å²) in [5.74, 6) is -0.267. The van der Waals surface area contributed by atoms with E-state index in [4.69, 9.17) is 4.74 Å². The Bertz CT molecular complexity index is 766. The Labute approximate surface area is 126 Å². The first kappa shape index (κ1) is 14.0. The van der Waals surface area contributed by atoms with Crippen molar-refractivity contribution in [1.29, 1.82) is 0 Å². The fraction of sp³-hybridized carbons (Fsp3) is 0.176. The Morgan fingerprint density at radius 1 is 1.24 bits per heavy atom. The van der Waals surface area contributed by atoms with Crippen molar-refractivity contribution in [3.8, 4) is 5.75 Å². The third kappa shape index (κ3) is 2.77. The zero-order valence-electron chi connectivity index (χ0n) is 11.5. The predicted molar refractivity (Wildman–Crippen MR) is 83.4 cm³/mol. The molecule has 0 spiro atoms. The van der Waals surface area contributed by atoms with Crippen LogP contribution in [0.3, 0.4) is 0 Å². The molecule has 1 heterocycles. The van der Waals surface area contributed by atoms with Gasteiger partial charge in [0, 0.05) is 11.1 Å². The van der Waals surface area contributed by atoms with Gasteiger partial charge in [0.2, 0.25) is 0 Å². The number of fused-ring (bicyclic) bond motifs is 1. The zero-order chi connectivity index (χ0) is 14.8. The molecule has 0 amide bonds. The summed E-state index contributed by atoms with van der Waals surface area (Å²) >= 11 is 1.66. The molecule has 0 fully saturated rings. The highest BCUT2D eigenvalue weighted by Gasteiger charge is 2.14. The molecule has 2 nitrogen and oxygen atoms in total. The second-order valence-corrected chi connectivity index (χ2v) is 5.78. The monoisotopic (exact) mass is 302 g/mol. The first-order valence-corrected chi connectivity index (χ1v) is 7.53. The third-order valence-corrected chi connectivity index (χ3v) is 4.55. The van der Waals surface area contributed by atoms with Gasteiger partial charge in [-0.2, -0.15) is 0 Å².